The van der Waals surface area contributed by atoms with Crippen LogP contribution < -0.4 is 10.1 Å². The average molecular weight is 384 g/mol. The largest absolute Gasteiger partial charge is 0.495 e. The Bertz CT molecular complexity index is 769. The SMILES string of the molecule is COc1ccc(S(=O)(=O)N(C)C)cc1NC(=O)COC(=O)C1CCCC1. The normalized spacial score (nSPS) is 15.1. The van der Waals surface area contributed by atoms with Crippen LogP contribution in [0.4, 0.5) is 5.69 Å². The molecule has 1 aromatic rings. The first-order valence-electron chi connectivity index (χ1n) is 8.32. The Morgan fingerprint density at radius 1 is 1.23 bits per heavy atom. The quantitative estimate of drug-likeness (QED) is 0.717. The van der Waals surface area contributed by atoms with Crippen LogP contribution in [0.1, 0.15) is 25.7 Å². The minimum absolute atomic E-state index is 0.0153. The first-order valence-corrected chi connectivity index (χ1v) is 9.76. The predicted molar refractivity (Wildman–Crippen MR) is 95.4 cm³/mol. The lowest BCUT2D eigenvalue weighted by Gasteiger charge is -2.15. The second-order valence-electron chi connectivity index (χ2n) is 6.29. The van der Waals surface area contributed by atoms with Gasteiger partial charge in [-0.1, -0.05) is 12.8 Å². The van der Waals surface area contributed by atoms with Crippen LogP contribution >= 0.6 is 0 Å². The molecule has 0 bridgehead atoms. The highest BCUT2D eigenvalue weighted by atomic mass is 32.2. The zero-order valence-electron chi connectivity index (χ0n) is 15.1. The number of hydrogen-bond donors (Lipinski definition) is 1. The van der Waals surface area contributed by atoms with Gasteiger partial charge in [0.25, 0.3) is 5.91 Å². The summed E-state index contributed by atoms with van der Waals surface area (Å²) in [5, 5.41) is 2.53. The summed E-state index contributed by atoms with van der Waals surface area (Å²) in [7, 11) is 0.586. The third-order valence-electron chi connectivity index (χ3n) is 4.26. The maximum absolute atomic E-state index is 12.2. The van der Waals surface area contributed by atoms with E-state index in [1.165, 1.54) is 39.4 Å². The van der Waals surface area contributed by atoms with Crippen molar-refractivity contribution in [1.29, 1.82) is 0 Å². The number of methoxy groups -OCH3 is 1. The van der Waals surface area contributed by atoms with Crippen LogP contribution in [0.15, 0.2) is 23.1 Å². The van der Waals surface area contributed by atoms with Gasteiger partial charge in [-0.25, -0.2) is 12.7 Å². The fourth-order valence-corrected chi connectivity index (χ4v) is 3.69. The zero-order valence-corrected chi connectivity index (χ0v) is 16.0. The monoisotopic (exact) mass is 384 g/mol. The highest BCUT2D eigenvalue weighted by molar-refractivity contribution is 7.89. The van der Waals surface area contributed by atoms with Crippen molar-refractivity contribution in [3.05, 3.63) is 18.2 Å². The Kier molecular flexibility index (Phi) is 6.60. The lowest BCUT2D eigenvalue weighted by atomic mass is 10.1. The number of hydrogen-bond acceptors (Lipinski definition) is 6. The molecular weight excluding hydrogens is 360 g/mol. The number of carbonyl (C=O) groups is 2. The molecule has 26 heavy (non-hydrogen) atoms. The van der Waals surface area contributed by atoms with Crippen molar-refractivity contribution >= 4 is 27.6 Å². The van der Waals surface area contributed by atoms with Gasteiger partial charge in [-0.3, -0.25) is 9.59 Å². The van der Waals surface area contributed by atoms with Crippen molar-refractivity contribution in [1.82, 2.24) is 4.31 Å². The Morgan fingerprint density at radius 2 is 1.88 bits per heavy atom. The van der Waals surface area contributed by atoms with Crippen molar-refractivity contribution in [3.63, 3.8) is 0 Å². The molecule has 8 nitrogen and oxygen atoms in total. The third-order valence-corrected chi connectivity index (χ3v) is 6.07. The Balaban J connectivity index is 2.07. The van der Waals surface area contributed by atoms with Gasteiger partial charge in [0, 0.05) is 14.1 Å². The number of nitrogens with one attached hydrogen (secondary N) is 1. The van der Waals surface area contributed by atoms with Gasteiger partial charge in [0.15, 0.2) is 6.61 Å². The summed E-state index contributed by atoms with van der Waals surface area (Å²) in [5.41, 5.74) is 0.192. The molecule has 0 aromatic heterocycles. The molecule has 1 amide bonds. The van der Waals surface area contributed by atoms with Gasteiger partial charge in [-0.05, 0) is 31.0 Å². The van der Waals surface area contributed by atoms with Crippen LogP contribution in [0.25, 0.3) is 0 Å². The minimum Gasteiger partial charge on any atom is -0.495 e. The maximum atomic E-state index is 12.2. The number of esters is 1. The topological polar surface area (TPSA) is 102 Å². The van der Waals surface area contributed by atoms with E-state index >= 15 is 0 Å². The summed E-state index contributed by atoms with van der Waals surface area (Å²) in [6.45, 7) is -0.427. The summed E-state index contributed by atoms with van der Waals surface area (Å²) in [6, 6.07) is 4.16. The number of sulfonamides is 1. The molecule has 0 spiro atoms. The summed E-state index contributed by atoms with van der Waals surface area (Å²) < 4.78 is 35.7. The molecule has 0 saturated heterocycles. The molecule has 1 aromatic carbocycles. The van der Waals surface area contributed by atoms with Crippen molar-refractivity contribution in [2.75, 3.05) is 33.1 Å². The lowest BCUT2D eigenvalue weighted by molar-refractivity contribution is -0.151. The van der Waals surface area contributed by atoms with Crippen molar-refractivity contribution in [2.45, 2.75) is 30.6 Å². The van der Waals surface area contributed by atoms with E-state index in [1.807, 2.05) is 0 Å². The predicted octanol–water partition coefficient (Wildman–Crippen LogP) is 1.62. The van der Waals surface area contributed by atoms with E-state index < -0.39 is 22.5 Å². The van der Waals surface area contributed by atoms with E-state index in [1.54, 1.807) is 0 Å². The molecule has 9 heteroatoms. The van der Waals surface area contributed by atoms with Crippen LogP contribution in [0, 0.1) is 5.92 Å². The minimum atomic E-state index is -3.66. The van der Waals surface area contributed by atoms with Gasteiger partial charge in [-0.15, -0.1) is 0 Å². The zero-order chi connectivity index (χ0) is 19.3. The van der Waals surface area contributed by atoms with E-state index in [2.05, 4.69) is 5.32 Å². The summed E-state index contributed by atoms with van der Waals surface area (Å²) in [4.78, 5) is 24.0. The molecular formula is C17H24N2O6S. The van der Waals surface area contributed by atoms with E-state index in [0.29, 0.717) is 5.75 Å². The lowest BCUT2D eigenvalue weighted by Crippen LogP contribution is -2.25. The molecule has 0 unspecified atom stereocenters. The maximum Gasteiger partial charge on any atom is 0.309 e. The van der Waals surface area contributed by atoms with Crippen molar-refractivity contribution in [2.24, 2.45) is 5.92 Å². The number of amides is 1. The molecule has 2 rings (SSSR count). The number of benzene rings is 1. The summed E-state index contributed by atoms with van der Waals surface area (Å²) >= 11 is 0. The molecule has 0 atom stereocenters. The van der Waals surface area contributed by atoms with Crippen LogP contribution in [-0.2, 0) is 24.3 Å². The van der Waals surface area contributed by atoms with Crippen molar-refractivity contribution < 1.29 is 27.5 Å². The van der Waals surface area contributed by atoms with Crippen LogP contribution in [0.2, 0.25) is 0 Å². The summed E-state index contributed by atoms with van der Waals surface area (Å²) in [5.74, 6) is -0.758. The van der Waals surface area contributed by atoms with Crippen LogP contribution in [-0.4, -0.2) is 52.4 Å². The Labute approximate surface area is 153 Å². The molecule has 0 radical (unpaired) electrons. The van der Waals surface area contributed by atoms with Gasteiger partial charge in [-0.2, -0.15) is 0 Å². The van der Waals surface area contributed by atoms with Gasteiger partial charge < -0.3 is 14.8 Å². The van der Waals surface area contributed by atoms with Gasteiger partial charge in [0.2, 0.25) is 10.0 Å². The summed E-state index contributed by atoms with van der Waals surface area (Å²) in [6.07, 6.45) is 3.57. The highest BCUT2D eigenvalue weighted by Crippen LogP contribution is 2.29. The fraction of sp³-hybridized carbons (Fsp3) is 0.529. The van der Waals surface area contributed by atoms with E-state index in [4.69, 9.17) is 9.47 Å². The van der Waals surface area contributed by atoms with E-state index in [0.717, 1.165) is 30.0 Å². The molecule has 1 aliphatic carbocycles. The molecule has 0 aliphatic heterocycles. The Morgan fingerprint density at radius 3 is 2.46 bits per heavy atom. The standard InChI is InChI=1S/C17H24N2O6S/c1-19(2)26(22,23)13-8-9-15(24-3)14(10-13)18-16(20)11-25-17(21)12-6-4-5-7-12/h8-10,12H,4-7,11H2,1-3H3,(H,18,20). The smallest absolute Gasteiger partial charge is 0.309 e. The molecule has 1 saturated carbocycles. The molecule has 0 heterocycles. The number of anilines is 1. The fourth-order valence-electron chi connectivity index (χ4n) is 2.76. The van der Waals surface area contributed by atoms with Gasteiger partial charge in [0.1, 0.15) is 5.75 Å². The first-order chi connectivity index (χ1) is 12.3. The molecule has 144 valence electrons. The molecule has 1 aliphatic rings. The molecule has 1 fully saturated rings. The van der Waals surface area contributed by atoms with Gasteiger partial charge in [0.05, 0.1) is 23.6 Å². The molecule has 1 N–H and O–H groups in total. The Hall–Kier alpha value is -2.13. The number of carbonyl (C=O) groups excluding carboxylic acids is 2. The van der Waals surface area contributed by atoms with Crippen molar-refractivity contribution in [3.8, 4) is 5.75 Å². The highest BCUT2D eigenvalue weighted by Gasteiger charge is 2.25. The van der Waals surface area contributed by atoms with E-state index in [9.17, 15) is 18.0 Å². The van der Waals surface area contributed by atoms with Gasteiger partial charge >= 0.3 is 5.97 Å². The van der Waals surface area contributed by atoms with Crippen LogP contribution in [0.5, 0.6) is 5.75 Å². The second kappa shape index (κ2) is 8.50. The van der Waals surface area contributed by atoms with Crippen LogP contribution in [0.3, 0.4) is 0 Å². The number of ether oxygens (including phenoxy) is 2. The average Bonchev–Trinajstić information content (AvgIpc) is 3.14. The number of rotatable bonds is 7. The third kappa shape index (κ3) is 4.73. The first kappa shape index (κ1) is 20.2. The number of nitrogens with zero attached hydrogens (tertiary/aromatic N) is 1. The van der Waals surface area contributed by atoms with E-state index in [-0.39, 0.29) is 22.5 Å². The second-order valence-corrected chi connectivity index (χ2v) is 8.44.